The van der Waals surface area contributed by atoms with Gasteiger partial charge in [-0.15, -0.1) is 0 Å². The second-order valence-electron chi connectivity index (χ2n) is 4.96. The summed E-state index contributed by atoms with van der Waals surface area (Å²) >= 11 is 0. The van der Waals surface area contributed by atoms with E-state index in [1.54, 1.807) is 0 Å². The number of aliphatic hydroxyl groups is 1. The van der Waals surface area contributed by atoms with Gasteiger partial charge < -0.3 is 9.84 Å². The Balaban J connectivity index is 1.78. The lowest BCUT2D eigenvalue weighted by Gasteiger charge is -2.30. The quantitative estimate of drug-likeness (QED) is 0.725. The van der Waals surface area contributed by atoms with Gasteiger partial charge in [0.15, 0.2) is 0 Å². The van der Waals surface area contributed by atoms with Crippen LogP contribution in [0.1, 0.15) is 38.5 Å². The van der Waals surface area contributed by atoms with Crippen LogP contribution in [0.3, 0.4) is 0 Å². The summed E-state index contributed by atoms with van der Waals surface area (Å²) in [5.74, 6) is 0.995. The second-order valence-corrected chi connectivity index (χ2v) is 4.96. The van der Waals surface area contributed by atoms with Crippen molar-refractivity contribution in [2.75, 3.05) is 7.11 Å². The number of hydrogen-bond acceptors (Lipinski definition) is 3. The molecule has 0 aliphatic heterocycles. The number of methoxy groups -OCH3 is 1. The zero-order chi connectivity index (χ0) is 10.8. The topological polar surface area (TPSA) is 46.5 Å². The lowest BCUT2D eigenvalue weighted by molar-refractivity contribution is -0.147. The molecule has 0 aromatic carbocycles. The van der Waals surface area contributed by atoms with Crippen molar-refractivity contribution in [3.8, 4) is 0 Å². The normalized spacial score (nSPS) is 33.5. The molecule has 1 N–H and O–H groups in total. The van der Waals surface area contributed by atoms with Crippen molar-refractivity contribution in [2.45, 2.75) is 44.6 Å². The molecule has 2 rings (SSSR count). The molecule has 0 aromatic heterocycles. The van der Waals surface area contributed by atoms with Crippen LogP contribution < -0.4 is 0 Å². The number of aliphatic hydroxyl groups excluding tert-OH is 1. The molecular weight excluding hydrogens is 192 g/mol. The Labute approximate surface area is 90.8 Å². The largest absolute Gasteiger partial charge is 0.469 e. The Morgan fingerprint density at radius 1 is 1.13 bits per heavy atom. The van der Waals surface area contributed by atoms with Crippen LogP contribution >= 0.6 is 0 Å². The second kappa shape index (κ2) is 4.52. The number of carbonyl (C=O) groups excluding carboxylic acids is 1. The number of hydrogen-bond donors (Lipinski definition) is 1. The van der Waals surface area contributed by atoms with E-state index in [1.165, 1.54) is 20.0 Å². The maximum absolute atomic E-state index is 11.3. The van der Waals surface area contributed by atoms with Crippen LogP contribution in [0.15, 0.2) is 0 Å². The van der Waals surface area contributed by atoms with E-state index in [1.807, 2.05) is 0 Å². The van der Waals surface area contributed by atoms with Gasteiger partial charge in [-0.25, -0.2) is 0 Å². The van der Waals surface area contributed by atoms with Crippen LogP contribution in [0, 0.1) is 17.8 Å². The van der Waals surface area contributed by atoms with Gasteiger partial charge in [0.05, 0.1) is 19.1 Å². The number of esters is 1. The molecule has 0 bridgehead atoms. The van der Waals surface area contributed by atoms with Gasteiger partial charge >= 0.3 is 5.97 Å². The Bertz CT molecular complexity index is 227. The van der Waals surface area contributed by atoms with E-state index in [4.69, 9.17) is 4.74 Å². The summed E-state index contributed by atoms with van der Waals surface area (Å²) in [6.07, 6.45) is 6.02. The third kappa shape index (κ3) is 2.51. The minimum absolute atomic E-state index is 0.0747. The summed E-state index contributed by atoms with van der Waals surface area (Å²) in [7, 11) is 1.45. The van der Waals surface area contributed by atoms with Crippen molar-refractivity contribution in [2.24, 2.45) is 17.8 Å². The van der Waals surface area contributed by atoms with E-state index < -0.39 is 0 Å². The first kappa shape index (κ1) is 10.9. The molecule has 3 heteroatoms. The Morgan fingerprint density at radius 3 is 2.00 bits per heavy atom. The molecule has 2 saturated carbocycles. The minimum atomic E-state index is -0.108. The first-order chi connectivity index (χ1) is 7.22. The fourth-order valence-corrected chi connectivity index (χ4v) is 2.69. The molecule has 15 heavy (non-hydrogen) atoms. The lowest BCUT2D eigenvalue weighted by Crippen LogP contribution is -2.30. The highest BCUT2D eigenvalue weighted by Gasteiger charge is 2.37. The van der Waals surface area contributed by atoms with Crippen molar-refractivity contribution < 1.29 is 14.6 Å². The Kier molecular flexibility index (Phi) is 3.29. The van der Waals surface area contributed by atoms with Gasteiger partial charge in [0.2, 0.25) is 0 Å². The zero-order valence-electron chi connectivity index (χ0n) is 9.32. The van der Waals surface area contributed by atoms with E-state index in [2.05, 4.69) is 0 Å². The van der Waals surface area contributed by atoms with E-state index in [0.717, 1.165) is 25.7 Å². The van der Waals surface area contributed by atoms with Gasteiger partial charge in [-0.05, 0) is 50.4 Å². The fourth-order valence-electron chi connectivity index (χ4n) is 2.69. The molecule has 2 fully saturated rings. The fraction of sp³-hybridized carbons (Fsp3) is 0.917. The number of ether oxygens (including phenoxy) is 1. The highest BCUT2D eigenvalue weighted by molar-refractivity contribution is 5.72. The third-order valence-electron chi connectivity index (χ3n) is 3.89. The summed E-state index contributed by atoms with van der Waals surface area (Å²) in [6, 6.07) is 0. The van der Waals surface area contributed by atoms with Gasteiger partial charge in [-0.3, -0.25) is 4.79 Å². The lowest BCUT2D eigenvalue weighted by atomic mass is 9.78. The minimum Gasteiger partial charge on any atom is -0.469 e. The smallest absolute Gasteiger partial charge is 0.308 e. The van der Waals surface area contributed by atoms with Gasteiger partial charge in [0.1, 0.15) is 0 Å². The van der Waals surface area contributed by atoms with Crippen LogP contribution in [0.25, 0.3) is 0 Å². The molecule has 3 nitrogen and oxygen atoms in total. The summed E-state index contributed by atoms with van der Waals surface area (Å²) in [5, 5.41) is 9.98. The molecule has 0 unspecified atom stereocenters. The molecule has 2 aliphatic rings. The molecule has 0 amide bonds. The molecule has 0 heterocycles. The van der Waals surface area contributed by atoms with Crippen LogP contribution in [-0.4, -0.2) is 24.3 Å². The van der Waals surface area contributed by atoms with Crippen LogP contribution in [-0.2, 0) is 9.53 Å². The summed E-state index contributed by atoms with van der Waals surface area (Å²) < 4.78 is 4.74. The standard InChI is InChI=1S/C12H20O3/c1-15-12(14)10-6-4-9(5-7-10)11(13)8-2-3-8/h8-11,13H,2-7H2,1H3/t9?,10?,11-/m1/s1. The van der Waals surface area contributed by atoms with E-state index in [0.29, 0.717) is 11.8 Å². The maximum atomic E-state index is 11.3. The van der Waals surface area contributed by atoms with Crippen molar-refractivity contribution in [1.29, 1.82) is 0 Å². The van der Waals surface area contributed by atoms with Gasteiger partial charge in [0, 0.05) is 0 Å². The molecule has 1 atom stereocenters. The Morgan fingerprint density at radius 2 is 1.60 bits per heavy atom. The molecule has 0 saturated heterocycles. The van der Waals surface area contributed by atoms with Gasteiger partial charge in [-0.1, -0.05) is 0 Å². The monoisotopic (exact) mass is 212 g/mol. The third-order valence-corrected chi connectivity index (χ3v) is 3.89. The highest BCUT2D eigenvalue weighted by Crippen LogP contribution is 2.41. The average Bonchev–Trinajstić information content (AvgIpc) is 3.11. The summed E-state index contributed by atoms with van der Waals surface area (Å²) in [5.41, 5.74) is 0. The SMILES string of the molecule is COC(=O)C1CCC([C@H](O)C2CC2)CC1. The molecule has 86 valence electrons. The van der Waals surface area contributed by atoms with Crippen molar-refractivity contribution in [3.05, 3.63) is 0 Å². The maximum Gasteiger partial charge on any atom is 0.308 e. The van der Waals surface area contributed by atoms with Crippen molar-refractivity contribution >= 4 is 5.97 Å². The molecular formula is C12H20O3. The van der Waals surface area contributed by atoms with E-state index in [-0.39, 0.29) is 18.0 Å². The average molecular weight is 212 g/mol. The molecule has 0 aromatic rings. The first-order valence-corrected chi connectivity index (χ1v) is 5.98. The first-order valence-electron chi connectivity index (χ1n) is 5.98. The molecule has 0 spiro atoms. The van der Waals surface area contributed by atoms with Gasteiger partial charge in [0.25, 0.3) is 0 Å². The predicted octanol–water partition coefficient (Wildman–Crippen LogP) is 1.74. The van der Waals surface area contributed by atoms with Crippen LogP contribution in [0.2, 0.25) is 0 Å². The number of rotatable bonds is 3. The van der Waals surface area contributed by atoms with Crippen molar-refractivity contribution in [1.82, 2.24) is 0 Å². The zero-order valence-corrected chi connectivity index (χ0v) is 9.32. The van der Waals surface area contributed by atoms with Crippen LogP contribution in [0.5, 0.6) is 0 Å². The van der Waals surface area contributed by atoms with E-state index in [9.17, 15) is 9.90 Å². The van der Waals surface area contributed by atoms with Gasteiger partial charge in [-0.2, -0.15) is 0 Å². The summed E-state index contributed by atoms with van der Waals surface area (Å²) in [6.45, 7) is 0. The Hall–Kier alpha value is -0.570. The van der Waals surface area contributed by atoms with Crippen molar-refractivity contribution in [3.63, 3.8) is 0 Å². The summed E-state index contributed by atoms with van der Waals surface area (Å²) in [4.78, 5) is 11.3. The predicted molar refractivity (Wildman–Crippen MR) is 56.2 cm³/mol. The molecule has 0 radical (unpaired) electrons. The molecule has 2 aliphatic carbocycles. The van der Waals surface area contributed by atoms with Crippen LogP contribution in [0.4, 0.5) is 0 Å². The highest BCUT2D eigenvalue weighted by atomic mass is 16.5. The number of carbonyl (C=O) groups is 1. The van der Waals surface area contributed by atoms with E-state index >= 15 is 0 Å².